The van der Waals surface area contributed by atoms with Crippen molar-refractivity contribution < 1.29 is 28.2 Å². The number of carbonyl (C=O) groups excluding carboxylic acids is 1. The Morgan fingerprint density at radius 1 is 1.08 bits per heavy atom. The standard InChI is InChI=1S/C15H14N2O6S/c1-9-6-7-10(15(20)21)8-13(9)24(22,23)17-16-14(19)11-4-2-3-5-12(11)18/h2-8,17-18H,1H3,(H,16,19)(H,20,21). The number of aromatic carboxylic acids is 1. The molecule has 9 heteroatoms. The van der Waals surface area contributed by atoms with E-state index in [9.17, 15) is 23.1 Å². The average Bonchev–Trinajstić information content (AvgIpc) is 2.53. The average molecular weight is 350 g/mol. The van der Waals surface area contributed by atoms with E-state index in [1.54, 1.807) is 0 Å². The number of nitrogens with one attached hydrogen (secondary N) is 2. The third kappa shape index (κ3) is 3.70. The van der Waals surface area contributed by atoms with Crippen molar-refractivity contribution in [1.82, 2.24) is 10.3 Å². The van der Waals surface area contributed by atoms with Crippen LogP contribution in [-0.4, -0.2) is 30.5 Å². The minimum Gasteiger partial charge on any atom is -0.507 e. The van der Waals surface area contributed by atoms with Crippen molar-refractivity contribution in [2.24, 2.45) is 0 Å². The molecule has 1 amide bonds. The van der Waals surface area contributed by atoms with Gasteiger partial charge in [0.1, 0.15) is 5.75 Å². The largest absolute Gasteiger partial charge is 0.507 e. The normalized spacial score (nSPS) is 11.0. The summed E-state index contributed by atoms with van der Waals surface area (Å²) in [6.45, 7) is 1.49. The van der Waals surface area contributed by atoms with Gasteiger partial charge in [-0.1, -0.05) is 18.2 Å². The van der Waals surface area contributed by atoms with E-state index >= 15 is 0 Å². The van der Waals surface area contributed by atoms with Gasteiger partial charge in [0.2, 0.25) is 0 Å². The number of phenolic OH excluding ortho intramolecular Hbond substituents is 1. The van der Waals surface area contributed by atoms with Gasteiger partial charge in [-0.2, -0.15) is 0 Å². The summed E-state index contributed by atoms with van der Waals surface area (Å²) in [4.78, 5) is 24.5. The monoisotopic (exact) mass is 350 g/mol. The van der Waals surface area contributed by atoms with Crippen molar-refractivity contribution in [1.29, 1.82) is 0 Å². The van der Waals surface area contributed by atoms with Gasteiger partial charge >= 0.3 is 5.97 Å². The molecule has 0 bridgehead atoms. The molecule has 0 heterocycles. The van der Waals surface area contributed by atoms with Gasteiger partial charge in [-0.3, -0.25) is 10.2 Å². The molecule has 0 aliphatic rings. The SMILES string of the molecule is Cc1ccc(C(=O)O)cc1S(=O)(=O)NNC(=O)c1ccccc1O. The minimum absolute atomic E-state index is 0.115. The van der Waals surface area contributed by atoms with Crippen LogP contribution in [0.2, 0.25) is 0 Å². The van der Waals surface area contributed by atoms with Gasteiger partial charge in [0.15, 0.2) is 0 Å². The Hall–Kier alpha value is -2.91. The van der Waals surface area contributed by atoms with Gasteiger partial charge in [-0.15, -0.1) is 4.83 Å². The number of hydrogen-bond acceptors (Lipinski definition) is 5. The summed E-state index contributed by atoms with van der Waals surface area (Å²) in [6, 6.07) is 9.23. The highest BCUT2D eigenvalue weighted by molar-refractivity contribution is 7.89. The van der Waals surface area contributed by atoms with Crippen LogP contribution < -0.4 is 10.3 Å². The van der Waals surface area contributed by atoms with E-state index < -0.39 is 21.9 Å². The zero-order chi connectivity index (χ0) is 17.9. The van der Waals surface area contributed by atoms with E-state index in [4.69, 9.17) is 5.11 Å². The molecule has 24 heavy (non-hydrogen) atoms. The van der Waals surface area contributed by atoms with Crippen molar-refractivity contribution in [2.45, 2.75) is 11.8 Å². The lowest BCUT2D eigenvalue weighted by atomic mass is 10.1. The number of amides is 1. The lowest BCUT2D eigenvalue weighted by Crippen LogP contribution is -2.41. The van der Waals surface area contributed by atoms with E-state index in [1.807, 2.05) is 10.3 Å². The van der Waals surface area contributed by atoms with Crippen LogP contribution >= 0.6 is 0 Å². The van der Waals surface area contributed by atoms with Crippen LogP contribution in [0.25, 0.3) is 0 Å². The van der Waals surface area contributed by atoms with Crippen LogP contribution in [0.15, 0.2) is 47.4 Å². The number of hydrogen-bond donors (Lipinski definition) is 4. The third-order valence-corrected chi connectivity index (χ3v) is 4.56. The molecule has 0 radical (unpaired) electrons. The van der Waals surface area contributed by atoms with Gasteiger partial charge in [-0.25, -0.2) is 13.2 Å². The highest BCUT2D eigenvalue weighted by atomic mass is 32.2. The second-order valence-electron chi connectivity index (χ2n) is 4.86. The fourth-order valence-electron chi connectivity index (χ4n) is 1.92. The first-order valence-electron chi connectivity index (χ1n) is 6.66. The Balaban J connectivity index is 2.23. The summed E-state index contributed by atoms with van der Waals surface area (Å²) in [7, 11) is -4.19. The number of sulfonamides is 1. The molecule has 0 spiro atoms. The molecule has 2 rings (SSSR count). The number of carbonyl (C=O) groups is 2. The van der Waals surface area contributed by atoms with Crippen LogP contribution in [-0.2, 0) is 10.0 Å². The maximum absolute atomic E-state index is 12.3. The molecular formula is C15H14N2O6S. The van der Waals surface area contributed by atoms with Crippen molar-refractivity contribution >= 4 is 21.9 Å². The number of hydrazine groups is 1. The Labute approximate surface area is 137 Å². The van der Waals surface area contributed by atoms with Gasteiger partial charge in [0.05, 0.1) is 16.0 Å². The highest BCUT2D eigenvalue weighted by Gasteiger charge is 2.20. The summed E-state index contributed by atoms with van der Waals surface area (Å²) in [5.74, 6) is -2.44. The molecule has 2 aromatic carbocycles. The highest BCUT2D eigenvalue weighted by Crippen LogP contribution is 2.18. The number of para-hydroxylation sites is 1. The summed E-state index contributed by atoms with van der Waals surface area (Å²) in [6.07, 6.45) is 0. The predicted octanol–water partition coefficient (Wildman–Crippen LogP) is 1.02. The molecule has 8 nitrogen and oxygen atoms in total. The Morgan fingerprint density at radius 2 is 1.75 bits per heavy atom. The first-order valence-corrected chi connectivity index (χ1v) is 8.15. The zero-order valence-electron chi connectivity index (χ0n) is 12.5. The molecule has 2 aromatic rings. The number of phenols is 1. The lowest BCUT2D eigenvalue weighted by Gasteiger charge is -2.11. The van der Waals surface area contributed by atoms with E-state index in [2.05, 4.69) is 0 Å². The zero-order valence-corrected chi connectivity index (χ0v) is 13.3. The maximum atomic E-state index is 12.3. The predicted molar refractivity (Wildman–Crippen MR) is 84.0 cm³/mol. The number of rotatable bonds is 5. The Morgan fingerprint density at radius 3 is 2.38 bits per heavy atom. The second-order valence-corrected chi connectivity index (χ2v) is 6.51. The van der Waals surface area contributed by atoms with Crippen molar-refractivity contribution in [3.8, 4) is 5.75 Å². The van der Waals surface area contributed by atoms with Crippen LogP contribution in [0.5, 0.6) is 5.75 Å². The summed E-state index contributed by atoms with van der Waals surface area (Å²) in [5, 5.41) is 18.5. The molecule has 0 unspecified atom stereocenters. The van der Waals surface area contributed by atoms with Crippen molar-refractivity contribution in [3.63, 3.8) is 0 Å². The first kappa shape index (κ1) is 17.4. The maximum Gasteiger partial charge on any atom is 0.335 e. The van der Waals surface area contributed by atoms with Crippen LogP contribution in [0.3, 0.4) is 0 Å². The lowest BCUT2D eigenvalue weighted by molar-refractivity contribution is 0.0696. The summed E-state index contributed by atoms with van der Waals surface area (Å²) < 4.78 is 24.5. The van der Waals surface area contributed by atoms with E-state index in [0.717, 1.165) is 6.07 Å². The fraction of sp³-hybridized carbons (Fsp3) is 0.0667. The van der Waals surface area contributed by atoms with Gasteiger partial charge in [0, 0.05) is 0 Å². The first-order chi connectivity index (χ1) is 11.2. The third-order valence-electron chi connectivity index (χ3n) is 3.17. The van der Waals surface area contributed by atoms with Crippen LogP contribution in [0.1, 0.15) is 26.3 Å². The molecule has 0 saturated carbocycles. The Kier molecular flexibility index (Phi) is 4.86. The summed E-state index contributed by atoms with van der Waals surface area (Å²) in [5.41, 5.74) is 1.96. The number of benzene rings is 2. The minimum atomic E-state index is -4.19. The van der Waals surface area contributed by atoms with Gasteiger partial charge < -0.3 is 10.2 Å². The number of aromatic hydroxyl groups is 1. The van der Waals surface area contributed by atoms with Gasteiger partial charge in [0.25, 0.3) is 15.9 Å². The molecule has 0 saturated heterocycles. The number of carboxylic acid groups (broad SMARTS) is 1. The van der Waals surface area contributed by atoms with E-state index in [-0.39, 0.29) is 21.8 Å². The molecule has 0 aliphatic heterocycles. The van der Waals surface area contributed by atoms with Crippen molar-refractivity contribution in [2.75, 3.05) is 0 Å². The quantitative estimate of drug-likeness (QED) is 0.595. The smallest absolute Gasteiger partial charge is 0.335 e. The van der Waals surface area contributed by atoms with Crippen LogP contribution in [0.4, 0.5) is 0 Å². The Bertz CT molecular complexity index is 908. The number of carboxylic acids is 1. The topological polar surface area (TPSA) is 133 Å². The molecule has 0 aliphatic carbocycles. The second kappa shape index (κ2) is 6.69. The van der Waals surface area contributed by atoms with Crippen molar-refractivity contribution in [3.05, 3.63) is 59.2 Å². The molecule has 126 valence electrons. The van der Waals surface area contributed by atoms with Gasteiger partial charge in [-0.05, 0) is 36.8 Å². The summed E-state index contributed by atoms with van der Waals surface area (Å²) >= 11 is 0. The molecule has 0 fully saturated rings. The fourth-order valence-corrected chi connectivity index (χ4v) is 3.04. The number of aryl methyl sites for hydroxylation is 1. The van der Waals surface area contributed by atoms with E-state index in [0.29, 0.717) is 5.56 Å². The van der Waals surface area contributed by atoms with Crippen LogP contribution in [0, 0.1) is 6.92 Å². The molecule has 0 aromatic heterocycles. The molecule has 4 N–H and O–H groups in total. The van der Waals surface area contributed by atoms with E-state index in [1.165, 1.54) is 43.3 Å². The molecule has 0 atom stereocenters. The molecular weight excluding hydrogens is 336 g/mol.